The van der Waals surface area contributed by atoms with Crippen LogP contribution >= 0.6 is 0 Å². The van der Waals surface area contributed by atoms with Crippen molar-refractivity contribution in [1.29, 1.82) is 0 Å². The smallest absolute Gasteiger partial charge is 0.329 e. The highest BCUT2D eigenvalue weighted by atomic mass is 16.6. The minimum atomic E-state index is -0.642. The number of nitrogens with two attached hydrogens (primary N) is 1. The lowest BCUT2D eigenvalue weighted by Crippen LogP contribution is -2.05. The van der Waals surface area contributed by atoms with Gasteiger partial charge in [-0.3, -0.25) is 10.1 Å². The van der Waals surface area contributed by atoms with Crippen molar-refractivity contribution < 1.29 is 14.8 Å². The number of aliphatic hydroxyl groups excluding tert-OH is 1. The number of hydrogen-bond acceptors (Lipinski definition) is 8. The van der Waals surface area contributed by atoms with Crippen molar-refractivity contribution >= 4 is 23.1 Å². The quantitative estimate of drug-likeness (QED) is 0.538. The lowest BCUT2D eigenvalue weighted by atomic mass is 10.2. The molecule has 9 nitrogen and oxygen atoms in total. The van der Waals surface area contributed by atoms with Gasteiger partial charge in [0.15, 0.2) is 0 Å². The third-order valence-corrected chi connectivity index (χ3v) is 2.77. The molecule has 0 saturated carbocycles. The Balaban J connectivity index is 2.15. The average molecular weight is 305 g/mol. The van der Waals surface area contributed by atoms with Gasteiger partial charge in [-0.15, -0.1) is 0 Å². The predicted molar refractivity (Wildman–Crippen MR) is 80.1 cm³/mol. The predicted octanol–water partition coefficient (Wildman–Crippen LogP) is 1.39. The summed E-state index contributed by atoms with van der Waals surface area (Å²) in [6, 6.07) is 5.27. The van der Waals surface area contributed by atoms with Crippen LogP contribution in [0.2, 0.25) is 0 Å². The minimum absolute atomic E-state index is 0.0602. The Bertz CT molecular complexity index is 692. The summed E-state index contributed by atoms with van der Waals surface area (Å²) in [5.41, 5.74) is 6.71. The van der Waals surface area contributed by atoms with Crippen LogP contribution in [-0.4, -0.2) is 33.2 Å². The zero-order chi connectivity index (χ0) is 16.1. The van der Waals surface area contributed by atoms with Gasteiger partial charge in [-0.2, -0.15) is 4.98 Å². The normalized spacial score (nSPS) is 10.3. The maximum Gasteiger partial charge on any atom is 0.329 e. The number of nitrogens with zero attached hydrogens (tertiary/aromatic N) is 3. The molecule has 2 rings (SSSR count). The van der Waals surface area contributed by atoms with Crippen LogP contribution in [0.1, 0.15) is 5.56 Å². The summed E-state index contributed by atoms with van der Waals surface area (Å²) in [5, 5.41) is 22.3. The molecule has 0 fully saturated rings. The lowest BCUT2D eigenvalue weighted by molar-refractivity contribution is -0.384. The molecule has 0 unspecified atom stereocenters. The summed E-state index contributed by atoms with van der Waals surface area (Å²) in [5.74, 6) is 0.609. The van der Waals surface area contributed by atoms with Gasteiger partial charge >= 0.3 is 5.69 Å². The van der Waals surface area contributed by atoms with Crippen LogP contribution in [0.15, 0.2) is 24.4 Å². The second-order valence-electron chi connectivity index (χ2n) is 4.40. The number of anilines is 3. The first-order valence-electron chi connectivity index (χ1n) is 6.39. The minimum Gasteiger partial charge on any atom is -0.491 e. The van der Waals surface area contributed by atoms with Crippen molar-refractivity contribution in [2.75, 3.05) is 24.3 Å². The molecule has 0 radical (unpaired) electrons. The highest BCUT2D eigenvalue weighted by molar-refractivity contribution is 5.60. The molecule has 0 aliphatic heterocycles. The van der Waals surface area contributed by atoms with Crippen LogP contribution in [0.5, 0.6) is 5.75 Å². The van der Waals surface area contributed by atoms with Gasteiger partial charge in [-0.05, 0) is 30.7 Å². The molecule has 1 aromatic heterocycles. The number of aromatic nitrogens is 2. The highest BCUT2D eigenvalue weighted by Gasteiger charge is 2.14. The van der Waals surface area contributed by atoms with E-state index in [1.54, 1.807) is 18.2 Å². The zero-order valence-electron chi connectivity index (χ0n) is 11.8. The Hall–Kier alpha value is -2.94. The van der Waals surface area contributed by atoms with E-state index in [2.05, 4.69) is 15.3 Å². The molecule has 0 aliphatic rings. The number of aliphatic hydroxyl groups is 1. The maximum atomic E-state index is 10.7. The van der Waals surface area contributed by atoms with Crippen LogP contribution in [0.25, 0.3) is 0 Å². The number of nitrogen functional groups attached to an aromatic ring is 1. The molecule has 0 atom stereocenters. The van der Waals surface area contributed by atoms with Crippen LogP contribution < -0.4 is 15.8 Å². The van der Waals surface area contributed by atoms with Gasteiger partial charge in [-0.1, -0.05) is 0 Å². The van der Waals surface area contributed by atoms with E-state index in [0.29, 0.717) is 11.4 Å². The summed E-state index contributed by atoms with van der Waals surface area (Å²) in [6.07, 6.45) is 1.05. The molecule has 22 heavy (non-hydrogen) atoms. The van der Waals surface area contributed by atoms with Crippen LogP contribution in [0, 0.1) is 17.0 Å². The van der Waals surface area contributed by atoms with Gasteiger partial charge in [0.25, 0.3) is 0 Å². The van der Waals surface area contributed by atoms with Gasteiger partial charge in [0, 0.05) is 5.69 Å². The Labute approximate surface area is 125 Å². The van der Waals surface area contributed by atoms with E-state index in [1.165, 1.54) is 0 Å². The third kappa shape index (κ3) is 3.58. The number of nitrogens with one attached hydrogen (secondary N) is 1. The standard InChI is InChI=1S/C13H15N5O4/c1-8-6-9(2-3-11(8)22-5-4-19)16-13-15-7-10(18(20)21)12(14)17-13/h2-3,6-7,19H,4-5H2,1H3,(H3,14,15,16,17). The Kier molecular flexibility index (Phi) is 4.69. The van der Waals surface area contributed by atoms with E-state index < -0.39 is 4.92 Å². The van der Waals surface area contributed by atoms with Gasteiger partial charge < -0.3 is 20.9 Å². The average Bonchev–Trinajstić information content (AvgIpc) is 2.46. The van der Waals surface area contributed by atoms with Crippen LogP contribution in [0.3, 0.4) is 0 Å². The van der Waals surface area contributed by atoms with Crippen LogP contribution in [-0.2, 0) is 0 Å². The maximum absolute atomic E-state index is 10.7. The number of nitro groups is 1. The van der Waals surface area contributed by atoms with Crippen molar-refractivity contribution in [3.05, 3.63) is 40.1 Å². The van der Waals surface area contributed by atoms with Gasteiger partial charge in [0.2, 0.25) is 11.8 Å². The van der Waals surface area contributed by atoms with Gasteiger partial charge in [0.05, 0.1) is 11.5 Å². The van der Waals surface area contributed by atoms with Crippen LogP contribution in [0.4, 0.5) is 23.1 Å². The zero-order valence-corrected chi connectivity index (χ0v) is 11.8. The highest BCUT2D eigenvalue weighted by Crippen LogP contribution is 2.25. The van der Waals surface area contributed by atoms with Crippen molar-refractivity contribution in [2.24, 2.45) is 0 Å². The van der Waals surface area contributed by atoms with E-state index in [0.717, 1.165) is 11.8 Å². The number of benzene rings is 1. The molecule has 0 aliphatic carbocycles. The van der Waals surface area contributed by atoms with E-state index >= 15 is 0 Å². The van der Waals surface area contributed by atoms with E-state index in [4.69, 9.17) is 15.6 Å². The topological polar surface area (TPSA) is 136 Å². The SMILES string of the molecule is Cc1cc(Nc2ncc([N+](=O)[O-])c(N)n2)ccc1OCCO. The van der Waals surface area contributed by atoms with Gasteiger partial charge in [-0.25, -0.2) is 4.98 Å². The van der Waals surface area contributed by atoms with Crippen molar-refractivity contribution in [1.82, 2.24) is 9.97 Å². The van der Waals surface area contributed by atoms with E-state index in [-0.39, 0.29) is 30.7 Å². The monoisotopic (exact) mass is 305 g/mol. The molecular weight excluding hydrogens is 290 g/mol. The third-order valence-electron chi connectivity index (χ3n) is 2.77. The summed E-state index contributed by atoms with van der Waals surface area (Å²) >= 11 is 0. The van der Waals surface area contributed by atoms with Crippen molar-refractivity contribution in [2.45, 2.75) is 6.92 Å². The van der Waals surface area contributed by atoms with E-state index in [1.807, 2.05) is 6.92 Å². The number of rotatable bonds is 6. The molecule has 0 amide bonds. The molecule has 2 aromatic rings. The molecular formula is C13H15N5O4. The van der Waals surface area contributed by atoms with Crippen molar-refractivity contribution in [3.63, 3.8) is 0 Å². The summed E-state index contributed by atoms with van der Waals surface area (Å²) < 4.78 is 5.35. The molecule has 0 bridgehead atoms. The molecule has 0 saturated heterocycles. The first kappa shape index (κ1) is 15.4. The number of ether oxygens (including phenoxy) is 1. The number of aryl methyl sites for hydroxylation is 1. The fraction of sp³-hybridized carbons (Fsp3) is 0.231. The summed E-state index contributed by atoms with van der Waals surface area (Å²) in [7, 11) is 0. The fourth-order valence-electron chi connectivity index (χ4n) is 1.76. The Morgan fingerprint density at radius 2 is 2.27 bits per heavy atom. The molecule has 1 aromatic carbocycles. The molecule has 116 valence electrons. The molecule has 9 heteroatoms. The van der Waals surface area contributed by atoms with Crippen molar-refractivity contribution in [3.8, 4) is 5.75 Å². The summed E-state index contributed by atoms with van der Waals surface area (Å²) in [4.78, 5) is 17.7. The molecule has 0 spiro atoms. The first-order valence-corrected chi connectivity index (χ1v) is 6.39. The van der Waals surface area contributed by atoms with Gasteiger partial charge in [0.1, 0.15) is 18.6 Å². The van der Waals surface area contributed by atoms with E-state index in [9.17, 15) is 10.1 Å². The Morgan fingerprint density at radius 1 is 1.50 bits per heavy atom. The summed E-state index contributed by atoms with van der Waals surface area (Å²) in [6.45, 7) is 2.01. The fourth-order valence-corrected chi connectivity index (χ4v) is 1.76. The largest absolute Gasteiger partial charge is 0.491 e. The Morgan fingerprint density at radius 3 is 2.86 bits per heavy atom. The first-order chi connectivity index (χ1) is 10.5. The molecule has 4 N–H and O–H groups in total. The second-order valence-corrected chi connectivity index (χ2v) is 4.40. The second kappa shape index (κ2) is 6.68. The molecule has 1 heterocycles. The number of hydrogen-bond donors (Lipinski definition) is 3. The lowest BCUT2D eigenvalue weighted by Gasteiger charge is -2.10.